The van der Waals surface area contributed by atoms with Crippen molar-refractivity contribution in [2.75, 3.05) is 0 Å². The largest absolute Gasteiger partial charge is 0.288 e. The summed E-state index contributed by atoms with van der Waals surface area (Å²) in [6, 6.07) is 9.87. The van der Waals surface area contributed by atoms with Crippen LogP contribution in [0.25, 0.3) is 10.1 Å². The van der Waals surface area contributed by atoms with Crippen molar-refractivity contribution in [3.8, 4) is 0 Å². The van der Waals surface area contributed by atoms with E-state index in [1.807, 2.05) is 42.6 Å². The zero-order valence-electron chi connectivity index (χ0n) is 9.57. The number of rotatable bonds is 2. The molecule has 3 rings (SSSR count). The molecule has 1 aromatic carbocycles. The van der Waals surface area contributed by atoms with Gasteiger partial charge in [-0.1, -0.05) is 12.1 Å². The van der Waals surface area contributed by atoms with Crippen molar-refractivity contribution >= 4 is 54.5 Å². The van der Waals surface area contributed by atoms with Gasteiger partial charge in [-0.25, -0.2) is 0 Å². The highest BCUT2D eigenvalue weighted by Gasteiger charge is 2.16. The molecule has 0 aliphatic carbocycles. The fourth-order valence-electron chi connectivity index (χ4n) is 1.89. The van der Waals surface area contributed by atoms with Crippen molar-refractivity contribution in [3.05, 3.63) is 55.5 Å². The molecule has 0 aliphatic heterocycles. The van der Waals surface area contributed by atoms with Gasteiger partial charge >= 0.3 is 0 Å². The van der Waals surface area contributed by atoms with Crippen LogP contribution in [0.4, 0.5) is 0 Å². The van der Waals surface area contributed by atoms with Crippen LogP contribution in [0.5, 0.6) is 0 Å². The van der Waals surface area contributed by atoms with Crippen molar-refractivity contribution in [1.29, 1.82) is 0 Å². The van der Waals surface area contributed by atoms with E-state index in [0.717, 1.165) is 25.0 Å². The van der Waals surface area contributed by atoms with Crippen molar-refractivity contribution in [2.24, 2.45) is 0 Å². The molecule has 0 unspecified atom stereocenters. The van der Waals surface area contributed by atoms with E-state index >= 15 is 0 Å². The molecule has 0 spiro atoms. The first-order chi connectivity index (χ1) is 8.66. The molecule has 0 fully saturated rings. The topological polar surface area (TPSA) is 17.1 Å². The number of carbonyl (C=O) groups excluding carboxylic acids is 1. The number of ketones is 1. The van der Waals surface area contributed by atoms with Crippen LogP contribution in [0.2, 0.25) is 0 Å². The molecule has 0 saturated heterocycles. The standard InChI is InChI=1S/C14H9BrOS2/c1-8-5-6-12(18-8)13(16)10-7-17-14-9(10)3-2-4-11(14)15/h2-7H,1H3. The van der Waals surface area contributed by atoms with Gasteiger partial charge in [0.2, 0.25) is 5.78 Å². The van der Waals surface area contributed by atoms with Crippen molar-refractivity contribution in [2.45, 2.75) is 6.92 Å². The van der Waals surface area contributed by atoms with Gasteiger partial charge in [-0.05, 0) is 41.1 Å². The molecule has 0 amide bonds. The fourth-order valence-corrected chi connectivity index (χ4v) is 4.31. The number of fused-ring (bicyclic) bond motifs is 1. The number of hydrogen-bond acceptors (Lipinski definition) is 3. The van der Waals surface area contributed by atoms with Gasteiger partial charge in [0.05, 0.1) is 4.88 Å². The lowest BCUT2D eigenvalue weighted by Crippen LogP contribution is -1.96. The first-order valence-corrected chi connectivity index (χ1v) is 7.92. The molecule has 0 N–H and O–H groups in total. The molecule has 18 heavy (non-hydrogen) atoms. The van der Waals surface area contributed by atoms with Crippen molar-refractivity contribution < 1.29 is 4.79 Å². The van der Waals surface area contributed by atoms with Gasteiger partial charge in [-0.15, -0.1) is 22.7 Å². The predicted molar refractivity (Wildman–Crippen MR) is 82.0 cm³/mol. The SMILES string of the molecule is Cc1ccc(C(=O)c2csc3c(Br)cccc23)s1. The Labute approximate surface area is 121 Å². The molecule has 3 aromatic rings. The Morgan fingerprint density at radius 3 is 2.78 bits per heavy atom. The fraction of sp³-hybridized carbons (Fsp3) is 0.0714. The molecular weight excluding hydrogens is 328 g/mol. The van der Waals surface area contributed by atoms with Gasteiger partial charge in [-0.3, -0.25) is 4.79 Å². The lowest BCUT2D eigenvalue weighted by Gasteiger charge is -1.97. The first-order valence-electron chi connectivity index (χ1n) is 5.43. The molecule has 2 heterocycles. The predicted octanol–water partition coefficient (Wildman–Crippen LogP) is 5.26. The Kier molecular flexibility index (Phi) is 3.09. The summed E-state index contributed by atoms with van der Waals surface area (Å²) in [6.45, 7) is 2.02. The van der Waals surface area contributed by atoms with Crippen LogP contribution in [-0.2, 0) is 0 Å². The van der Waals surface area contributed by atoms with E-state index in [-0.39, 0.29) is 5.78 Å². The van der Waals surface area contributed by atoms with Crippen LogP contribution in [0, 0.1) is 6.92 Å². The molecular formula is C14H9BrOS2. The molecule has 0 radical (unpaired) electrons. The lowest BCUT2D eigenvalue weighted by atomic mass is 10.1. The number of hydrogen-bond donors (Lipinski definition) is 0. The summed E-state index contributed by atoms with van der Waals surface area (Å²) >= 11 is 6.68. The number of aryl methyl sites for hydroxylation is 1. The minimum atomic E-state index is 0.123. The molecule has 2 aromatic heterocycles. The van der Waals surface area contributed by atoms with Gasteiger partial charge < -0.3 is 0 Å². The van der Waals surface area contributed by atoms with Crippen LogP contribution in [0.3, 0.4) is 0 Å². The van der Waals surface area contributed by atoms with Gasteiger partial charge in [0.15, 0.2) is 0 Å². The highest BCUT2D eigenvalue weighted by atomic mass is 79.9. The van der Waals surface area contributed by atoms with E-state index in [2.05, 4.69) is 15.9 Å². The highest BCUT2D eigenvalue weighted by molar-refractivity contribution is 9.10. The Morgan fingerprint density at radius 1 is 1.22 bits per heavy atom. The Balaban J connectivity index is 2.15. The quantitative estimate of drug-likeness (QED) is 0.583. The first kappa shape index (κ1) is 12.1. The van der Waals surface area contributed by atoms with Crippen LogP contribution in [0.1, 0.15) is 20.1 Å². The van der Waals surface area contributed by atoms with Gasteiger partial charge in [-0.2, -0.15) is 0 Å². The number of benzene rings is 1. The average molecular weight is 337 g/mol. The second-order valence-corrected chi connectivity index (χ2v) is 7.03. The third kappa shape index (κ3) is 1.94. The Hall–Kier alpha value is -0.970. The van der Waals surface area contributed by atoms with Gasteiger partial charge in [0.25, 0.3) is 0 Å². The van der Waals surface area contributed by atoms with E-state index < -0.39 is 0 Å². The third-order valence-corrected chi connectivity index (χ3v) is 5.71. The van der Waals surface area contributed by atoms with Crippen molar-refractivity contribution in [3.63, 3.8) is 0 Å². The van der Waals surface area contributed by atoms with Crippen LogP contribution in [-0.4, -0.2) is 5.78 Å². The van der Waals surface area contributed by atoms with Crippen LogP contribution in [0.15, 0.2) is 40.2 Å². The van der Waals surface area contributed by atoms with E-state index in [0.29, 0.717) is 0 Å². The molecule has 0 aliphatic rings. The van der Waals surface area contributed by atoms with Crippen LogP contribution >= 0.6 is 38.6 Å². The van der Waals surface area contributed by atoms with E-state index in [1.165, 1.54) is 4.88 Å². The summed E-state index contributed by atoms with van der Waals surface area (Å²) in [4.78, 5) is 14.4. The highest BCUT2D eigenvalue weighted by Crippen LogP contribution is 2.34. The number of halogens is 1. The van der Waals surface area contributed by atoms with Crippen molar-refractivity contribution in [1.82, 2.24) is 0 Å². The normalized spacial score (nSPS) is 11.0. The minimum Gasteiger partial charge on any atom is -0.288 e. The number of thiophene rings is 2. The monoisotopic (exact) mass is 336 g/mol. The molecule has 0 saturated carbocycles. The molecule has 0 bridgehead atoms. The Bertz CT molecular complexity index is 739. The maximum atomic E-state index is 12.4. The summed E-state index contributed by atoms with van der Waals surface area (Å²) in [5, 5.41) is 2.98. The molecule has 1 nitrogen and oxygen atoms in total. The summed E-state index contributed by atoms with van der Waals surface area (Å²) in [5.74, 6) is 0.123. The minimum absolute atomic E-state index is 0.123. The van der Waals surface area contributed by atoms with E-state index in [4.69, 9.17) is 0 Å². The maximum absolute atomic E-state index is 12.4. The molecule has 0 atom stereocenters. The third-order valence-electron chi connectivity index (χ3n) is 2.76. The second kappa shape index (κ2) is 4.61. The summed E-state index contributed by atoms with van der Waals surface area (Å²) < 4.78 is 2.18. The van der Waals surface area contributed by atoms with Crippen LogP contribution < -0.4 is 0 Å². The van der Waals surface area contributed by atoms with Gasteiger partial charge in [0, 0.05) is 30.4 Å². The second-order valence-electron chi connectivity index (χ2n) is 4.01. The smallest absolute Gasteiger partial charge is 0.204 e. The maximum Gasteiger partial charge on any atom is 0.204 e. The van der Waals surface area contributed by atoms with E-state index in [1.54, 1.807) is 22.7 Å². The zero-order chi connectivity index (χ0) is 12.7. The molecule has 90 valence electrons. The average Bonchev–Trinajstić information content (AvgIpc) is 2.95. The summed E-state index contributed by atoms with van der Waals surface area (Å²) in [7, 11) is 0. The van der Waals surface area contributed by atoms with E-state index in [9.17, 15) is 4.79 Å². The lowest BCUT2D eigenvalue weighted by molar-refractivity contribution is 0.104. The molecule has 4 heteroatoms. The number of carbonyl (C=O) groups is 1. The van der Waals surface area contributed by atoms with Gasteiger partial charge in [0.1, 0.15) is 0 Å². The summed E-state index contributed by atoms with van der Waals surface area (Å²) in [6.07, 6.45) is 0. The zero-order valence-corrected chi connectivity index (χ0v) is 12.8. The summed E-state index contributed by atoms with van der Waals surface area (Å²) in [5.41, 5.74) is 0.804. The Morgan fingerprint density at radius 2 is 2.06 bits per heavy atom.